The van der Waals surface area contributed by atoms with E-state index in [1.807, 2.05) is 26.0 Å². The molecular weight excluding hydrogens is 192 g/mol. The smallest absolute Gasteiger partial charge is 0.216 e. The Balaban J connectivity index is 2.48. The molecule has 1 unspecified atom stereocenters. The molecule has 0 aromatic heterocycles. The molecule has 0 fully saturated rings. The number of ether oxygens (including phenoxy) is 2. The van der Waals surface area contributed by atoms with Crippen LogP contribution in [0, 0.1) is 0 Å². The van der Waals surface area contributed by atoms with Crippen LogP contribution in [0.1, 0.15) is 13.8 Å². The second kappa shape index (κ2) is 3.15. The highest BCUT2D eigenvalue weighted by Gasteiger charge is 2.41. The number of carbonyl (C=O) groups is 1. The van der Waals surface area contributed by atoms with Crippen molar-refractivity contribution in [1.29, 1.82) is 0 Å². The Hall–Kier alpha value is -1.19. The first kappa shape index (κ1) is 10.3. The van der Waals surface area contributed by atoms with Crippen LogP contribution < -0.4 is 0 Å². The van der Waals surface area contributed by atoms with Crippen LogP contribution in [0.15, 0.2) is 36.0 Å². The summed E-state index contributed by atoms with van der Waals surface area (Å²) in [6.07, 6.45) is 8.48. The molecule has 0 bridgehead atoms. The minimum atomic E-state index is -0.897. The highest BCUT2D eigenvalue weighted by molar-refractivity contribution is 6.01. The third-order valence-electron chi connectivity index (χ3n) is 2.55. The maximum Gasteiger partial charge on any atom is 0.216 e. The van der Waals surface area contributed by atoms with E-state index in [1.165, 1.54) is 12.2 Å². The van der Waals surface area contributed by atoms with Crippen molar-refractivity contribution in [3.63, 3.8) is 0 Å². The minimum absolute atomic E-state index is 0.0365. The molecule has 0 saturated carbocycles. The molecule has 0 amide bonds. The summed E-state index contributed by atoms with van der Waals surface area (Å²) in [5, 5.41) is 0. The second-order valence-electron chi connectivity index (χ2n) is 4.25. The molecule has 0 N–H and O–H groups in total. The highest BCUT2D eigenvalue weighted by Crippen LogP contribution is 2.37. The molecule has 3 heteroatoms. The van der Waals surface area contributed by atoms with Crippen LogP contribution in [-0.2, 0) is 14.3 Å². The molecule has 0 aromatic rings. The van der Waals surface area contributed by atoms with Crippen LogP contribution in [-0.4, -0.2) is 24.3 Å². The molecule has 0 aromatic carbocycles. The number of hydrogen-bond acceptors (Lipinski definition) is 3. The van der Waals surface area contributed by atoms with Gasteiger partial charge in [0.1, 0.15) is 0 Å². The lowest BCUT2D eigenvalue weighted by Crippen LogP contribution is -2.46. The summed E-state index contributed by atoms with van der Waals surface area (Å²) in [5.74, 6) is -0.933. The SMILES string of the molecule is COC12C=CC(=O)C=C1C=CC(C)(C)O2. The van der Waals surface area contributed by atoms with Gasteiger partial charge in [-0.25, -0.2) is 0 Å². The fraction of sp³-hybridized carbons (Fsp3) is 0.417. The lowest BCUT2D eigenvalue weighted by Gasteiger charge is -2.41. The fourth-order valence-electron chi connectivity index (χ4n) is 1.79. The molecule has 0 spiro atoms. The van der Waals surface area contributed by atoms with Gasteiger partial charge in [0.25, 0.3) is 0 Å². The zero-order chi connectivity index (χ0) is 11.1. The topological polar surface area (TPSA) is 35.5 Å². The molecule has 3 nitrogen and oxygen atoms in total. The molecule has 15 heavy (non-hydrogen) atoms. The van der Waals surface area contributed by atoms with Gasteiger partial charge in [-0.3, -0.25) is 4.79 Å². The predicted octanol–water partition coefficient (Wildman–Crippen LogP) is 1.76. The molecule has 1 heterocycles. The fourth-order valence-corrected chi connectivity index (χ4v) is 1.79. The summed E-state index contributed by atoms with van der Waals surface area (Å²) in [4.78, 5) is 11.2. The van der Waals surface area contributed by atoms with E-state index in [2.05, 4.69) is 0 Å². The normalized spacial score (nSPS) is 32.5. The molecule has 0 radical (unpaired) electrons. The largest absolute Gasteiger partial charge is 0.346 e. The van der Waals surface area contributed by atoms with Gasteiger partial charge in [0.05, 0.1) is 5.60 Å². The van der Waals surface area contributed by atoms with Crippen molar-refractivity contribution in [2.45, 2.75) is 25.2 Å². The first-order valence-electron chi connectivity index (χ1n) is 4.87. The molecule has 0 saturated heterocycles. The number of carbonyl (C=O) groups excluding carboxylic acids is 1. The number of hydrogen-bond donors (Lipinski definition) is 0. The second-order valence-corrected chi connectivity index (χ2v) is 4.25. The Kier molecular flexibility index (Phi) is 2.17. The Morgan fingerprint density at radius 2 is 2.00 bits per heavy atom. The Morgan fingerprint density at radius 3 is 2.67 bits per heavy atom. The predicted molar refractivity (Wildman–Crippen MR) is 56.3 cm³/mol. The molecule has 80 valence electrons. The molecule has 2 rings (SSSR count). The van der Waals surface area contributed by atoms with Gasteiger partial charge in [0.2, 0.25) is 5.79 Å². The minimum Gasteiger partial charge on any atom is -0.346 e. The third kappa shape index (κ3) is 1.68. The van der Waals surface area contributed by atoms with E-state index in [9.17, 15) is 4.79 Å². The zero-order valence-electron chi connectivity index (χ0n) is 9.11. The van der Waals surface area contributed by atoms with Crippen LogP contribution in [0.2, 0.25) is 0 Å². The van der Waals surface area contributed by atoms with Gasteiger partial charge in [0, 0.05) is 12.7 Å². The lowest BCUT2D eigenvalue weighted by molar-refractivity contribution is -0.209. The molecule has 1 aliphatic heterocycles. The number of rotatable bonds is 1. The van der Waals surface area contributed by atoms with E-state index in [1.54, 1.807) is 13.2 Å². The van der Waals surface area contributed by atoms with Crippen LogP contribution in [0.5, 0.6) is 0 Å². The van der Waals surface area contributed by atoms with E-state index < -0.39 is 11.4 Å². The van der Waals surface area contributed by atoms with E-state index in [-0.39, 0.29) is 5.78 Å². The average molecular weight is 206 g/mol. The van der Waals surface area contributed by atoms with Crippen LogP contribution in [0.3, 0.4) is 0 Å². The van der Waals surface area contributed by atoms with Gasteiger partial charge in [0.15, 0.2) is 5.78 Å². The molecule has 1 atom stereocenters. The van der Waals surface area contributed by atoms with Crippen molar-refractivity contribution < 1.29 is 14.3 Å². The summed E-state index contributed by atoms with van der Waals surface area (Å²) >= 11 is 0. The van der Waals surface area contributed by atoms with Gasteiger partial charge in [-0.2, -0.15) is 0 Å². The standard InChI is InChI=1S/C12H14O3/c1-11(2)6-4-9-8-10(13)5-7-12(9,14-3)15-11/h4-8H,1-3H3. The number of fused-ring (bicyclic) bond motifs is 1. The van der Waals surface area contributed by atoms with E-state index >= 15 is 0 Å². The first-order valence-corrected chi connectivity index (χ1v) is 4.87. The van der Waals surface area contributed by atoms with E-state index in [4.69, 9.17) is 9.47 Å². The summed E-state index contributed by atoms with van der Waals surface area (Å²) < 4.78 is 11.2. The molecular formula is C12H14O3. The van der Waals surface area contributed by atoms with E-state index in [0.717, 1.165) is 5.57 Å². The van der Waals surface area contributed by atoms with Gasteiger partial charge in [-0.1, -0.05) is 12.2 Å². The number of methoxy groups -OCH3 is 1. The highest BCUT2D eigenvalue weighted by atomic mass is 16.7. The van der Waals surface area contributed by atoms with Crippen LogP contribution in [0.25, 0.3) is 0 Å². The van der Waals surface area contributed by atoms with Crippen molar-refractivity contribution in [3.05, 3.63) is 36.0 Å². The van der Waals surface area contributed by atoms with Crippen molar-refractivity contribution in [3.8, 4) is 0 Å². The lowest BCUT2D eigenvalue weighted by atomic mass is 9.91. The van der Waals surface area contributed by atoms with Crippen molar-refractivity contribution in [1.82, 2.24) is 0 Å². The maximum absolute atomic E-state index is 11.2. The number of allylic oxidation sites excluding steroid dienone is 2. The van der Waals surface area contributed by atoms with Gasteiger partial charge >= 0.3 is 0 Å². The Morgan fingerprint density at radius 1 is 1.27 bits per heavy atom. The quantitative estimate of drug-likeness (QED) is 0.655. The average Bonchev–Trinajstić information content (AvgIpc) is 2.18. The molecule has 2 aliphatic rings. The summed E-state index contributed by atoms with van der Waals surface area (Å²) in [5.41, 5.74) is 0.356. The zero-order valence-corrected chi connectivity index (χ0v) is 9.11. The Labute approximate surface area is 89.1 Å². The van der Waals surface area contributed by atoms with Crippen molar-refractivity contribution >= 4 is 5.78 Å². The Bertz CT molecular complexity index is 388. The summed E-state index contributed by atoms with van der Waals surface area (Å²) in [6, 6.07) is 0. The first-order chi connectivity index (χ1) is 6.97. The summed E-state index contributed by atoms with van der Waals surface area (Å²) in [6.45, 7) is 3.90. The van der Waals surface area contributed by atoms with Gasteiger partial charge in [-0.05, 0) is 32.1 Å². The van der Waals surface area contributed by atoms with Gasteiger partial charge in [-0.15, -0.1) is 0 Å². The van der Waals surface area contributed by atoms with Crippen LogP contribution in [0.4, 0.5) is 0 Å². The van der Waals surface area contributed by atoms with E-state index in [0.29, 0.717) is 0 Å². The van der Waals surface area contributed by atoms with Crippen molar-refractivity contribution in [2.75, 3.05) is 7.11 Å². The van der Waals surface area contributed by atoms with Crippen LogP contribution >= 0.6 is 0 Å². The summed E-state index contributed by atoms with van der Waals surface area (Å²) in [7, 11) is 1.57. The van der Waals surface area contributed by atoms with Gasteiger partial charge < -0.3 is 9.47 Å². The number of ketones is 1. The molecule has 1 aliphatic carbocycles. The maximum atomic E-state index is 11.2. The monoisotopic (exact) mass is 206 g/mol. The third-order valence-corrected chi connectivity index (χ3v) is 2.55. The van der Waals surface area contributed by atoms with Crippen molar-refractivity contribution in [2.24, 2.45) is 0 Å².